The van der Waals surface area contributed by atoms with E-state index in [0.717, 1.165) is 5.56 Å². The Hall–Kier alpha value is -2.69. The second kappa shape index (κ2) is 7.47. The standard InChI is InChI=1S/C20H21F2N3/c1-3-13(2)18-19(14-8-5-4-6-9-14)25-20(24-18)23-12-15-16(21)10-7-11-17(15)22/h3-11,18-19H,12H2,1-2H3,(H2,23,24,25)/b13-3+/t18-,19+/m1/s1. The van der Waals surface area contributed by atoms with Crippen LogP contribution >= 0.6 is 0 Å². The Morgan fingerprint density at radius 2 is 1.72 bits per heavy atom. The van der Waals surface area contributed by atoms with Crippen molar-refractivity contribution in [3.05, 3.63) is 82.9 Å². The second-order valence-electron chi connectivity index (χ2n) is 6.05. The molecule has 0 amide bonds. The maximum absolute atomic E-state index is 13.8. The van der Waals surface area contributed by atoms with Crippen molar-refractivity contribution in [3.8, 4) is 0 Å². The molecule has 3 nitrogen and oxygen atoms in total. The molecule has 2 atom stereocenters. The second-order valence-corrected chi connectivity index (χ2v) is 6.05. The molecule has 130 valence electrons. The molecular formula is C20H21F2N3. The topological polar surface area (TPSA) is 36.4 Å². The molecule has 1 aliphatic rings. The molecule has 0 aromatic heterocycles. The van der Waals surface area contributed by atoms with Gasteiger partial charge in [-0.05, 0) is 31.5 Å². The van der Waals surface area contributed by atoms with Gasteiger partial charge in [0.2, 0.25) is 0 Å². The smallest absolute Gasteiger partial charge is 0.192 e. The lowest BCUT2D eigenvalue weighted by Crippen LogP contribution is -2.29. The summed E-state index contributed by atoms with van der Waals surface area (Å²) in [4.78, 5) is 4.34. The summed E-state index contributed by atoms with van der Waals surface area (Å²) in [6, 6.07) is 13.9. The number of nitrogens with zero attached hydrogens (tertiary/aromatic N) is 1. The van der Waals surface area contributed by atoms with Crippen LogP contribution in [0.3, 0.4) is 0 Å². The van der Waals surface area contributed by atoms with E-state index in [4.69, 9.17) is 0 Å². The van der Waals surface area contributed by atoms with E-state index in [1.807, 2.05) is 25.1 Å². The summed E-state index contributed by atoms with van der Waals surface area (Å²) in [5.41, 5.74) is 2.27. The number of hydrogen-bond acceptors (Lipinski definition) is 1. The predicted molar refractivity (Wildman–Crippen MR) is 96.2 cm³/mol. The quantitative estimate of drug-likeness (QED) is 0.822. The van der Waals surface area contributed by atoms with E-state index in [-0.39, 0.29) is 24.2 Å². The number of aliphatic imine (C=N–C) groups is 1. The van der Waals surface area contributed by atoms with Gasteiger partial charge in [0.1, 0.15) is 11.6 Å². The first-order valence-corrected chi connectivity index (χ1v) is 8.28. The lowest BCUT2D eigenvalue weighted by atomic mass is 9.96. The third kappa shape index (κ3) is 3.71. The van der Waals surface area contributed by atoms with Gasteiger partial charge < -0.3 is 10.6 Å². The first kappa shape index (κ1) is 17.1. The van der Waals surface area contributed by atoms with E-state index in [1.165, 1.54) is 23.8 Å². The number of rotatable bonds is 4. The van der Waals surface area contributed by atoms with Crippen LogP contribution in [0.2, 0.25) is 0 Å². The molecule has 5 heteroatoms. The highest BCUT2D eigenvalue weighted by atomic mass is 19.1. The van der Waals surface area contributed by atoms with Gasteiger partial charge in [-0.1, -0.05) is 48.0 Å². The zero-order valence-corrected chi connectivity index (χ0v) is 14.3. The van der Waals surface area contributed by atoms with E-state index in [1.54, 1.807) is 0 Å². The van der Waals surface area contributed by atoms with E-state index in [2.05, 4.69) is 40.8 Å². The molecule has 2 aromatic rings. The van der Waals surface area contributed by atoms with E-state index < -0.39 is 11.6 Å². The fraction of sp³-hybridized carbons (Fsp3) is 0.250. The molecule has 25 heavy (non-hydrogen) atoms. The summed E-state index contributed by atoms with van der Waals surface area (Å²) in [6.45, 7) is 3.98. The number of hydrogen-bond donors (Lipinski definition) is 2. The van der Waals surface area contributed by atoms with Gasteiger partial charge in [0, 0.05) is 5.56 Å². The van der Waals surface area contributed by atoms with Crippen LogP contribution in [-0.2, 0) is 6.54 Å². The Balaban J connectivity index is 1.84. The average molecular weight is 341 g/mol. The fourth-order valence-electron chi connectivity index (χ4n) is 2.93. The van der Waals surface area contributed by atoms with Crippen LogP contribution in [-0.4, -0.2) is 12.0 Å². The molecule has 2 aromatic carbocycles. The van der Waals surface area contributed by atoms with Crippen molar-refractivity contribution in [1.29, 1.82) is 0 Å². The van der Waals surface area contributed by atoms with Crippen LogP contribution in [0.1, 0.15) is 31.0 Å². The van der Waals surface area contributed by atoms with Gasteiger partial charge in [-0.3, -0.25) is 0 Å². The Morgan fingerprint density at radius 3 is 2.36 bits per heavy atom. The maximum Gasteiger partial charge on any atom is 0.192 e. The fourth-order valence-corrected chi connectivity index (χ4v) is 2.93. The predicted octanol–water partition coefficient (Wildman–Crippen LogP) is 4.09. The minimum absolute atomic E-state index is 0.0154. The van der Waals surface area contributed by atoms with Crippen molar-refractivity contribution >= 4 is 5.96 Å². The van der Waals surface area contributed by atoms with Gasteiger partial charge in [0.25, 0.3) is 0 Å². The van der Waals surface area contributed by atoms with Gasteiger partial charge in [0.15, 0.2) is 5.96 Å². The molecule has 0 radical (unpaired) electrons. The summed E-state index contributed by atoms with van der Waals surface area (Å²) in [5.74, 6) is -0.617. The van der Waals surface area contributed by atoms with Crippen molar-refractivity contribution in [2.24, 2.45) is 4.99 Å². The molecule has 2 N–H and O–H groups in total. The highest BCUT2D eigenvalue weighted by Crippen LogP contribution is 2.25. The highest BCUT2D eigenvalue weighted by Gasteiger charge is 2.32. The number of allylic oxidation sites excluding steroid dienone is 1. The summed E-state index contributed by atoms with van der Waals surface area (Å²) in [6.07, 6.45) is 2.05. The number of nitrogens with one attached hydrogen (secondary N) is 2. The summed E-state index contributed by atoms with van der Waals surface area (Å²) in [7, 11) is 0. The first-order chi connectivity index (χ1) is 12.1. The lowest BCUT2D eigenvalue weighted by molar-refractivity contribution is 0.557. The van der Waals surface area contributed by atoms with E-state index in [9.17, 15) is 8.78 Å². The zero-order chi connectivity index (χ0) is 17.8. The Kier molecular flexibility index (Phi) is 5.12. The molecule has 1 heterocycles. The number of guanidine groups is 1. The Morgan fingerprint density at radius 1 is 1.04 bits per heavy atom. The summed E-state index contributed by atoms with van der Waals surface area (Å²) < 4.78 is 27.5. The van der Waals surface area contributed by atoms with Crippen LogP contribution in [0.15, 0.2) is 65.2 Å². The van der Waals surface area contributed by atoms with E-state index in [0.29, 0.717) is 5.96 Å². The van der Waals surface area contributed by atoms with Crippen molar-refractivity contribution in [1.82, 2.24) is 10.6 Å². The van der Waals surface area contributed by atoms with Crippen LogP contribution < -0.4 is 10.6 Å². The summed E-state index contributed by atoms with van der Waals surface area (Å²) in [5, 5.41) is 6.66. The normalized spacial score (nSPS) is 21.9. The van der Waals surface area contributed by atoms with Gasteiger partial charge in [0.05, 0.1) is 18.6 Å². The van der Waals surface area contributed by atoms with Gasteiger partial charge >= 0.3 is 0 Å². The van der Waals surface area contributed by atoms with Gasteiger partial charge in [-0.15, -0.1) is 0 Å². The summed E-state index contributed by atoms with van der Waals surface area (Å²) >= 11 is 0. The Labute approximate surface area is 146 Å². The van der Waals surface area contributed by atoms with Crippen LogP contribution in [0.25, 0.3) is 0 Å². The monoisotopic (exact) mass is 341 g/mol. The number of halogens is 2. The molecule has 0 saturated carbocycles. The van der Waals surface area contributed by atoms with Crippen molar-refractivity contribution in [2.45, 2.75) is 32.5 Å². The van der Waals surface area contributed by atoms with Gasteiger partial charge in [-0.25, -0.2) is 13.8 Å². The molecule has 3 rings (SSSR count). The average Bonchev–Trinajstić information content (AvgIpc) is 3.06. The zero-order valence-electron chi connectivity index (χ0n) is 14.3. The van der Waals surface area contributed by atoms with Crippen molar-refractivity contribution in [2.75, 3.05) is 0 Å². The molecule has 1 saturated heterocycles. The molecule has 1 fully saturated rings. The molecular weight excluding hydrogens is 320 g/mol. The van der Waals surface area contributed by atoms with Gasteiger partial charge in [-0.2, -0.15) is 0 Å². The van der Waals surface area contributed by atoms with Crippen LogP contribution in [0.4, 0.5) is 8.78 Å². The van der Waals surface area contributed by atoms with Crippen LogP contribution in [0.5, 0.6) is 0 Å². The maximum atomic E-state index is 13.8. The van der Waals surface area contributed by atoms with Crippen molar-refractivity contribution < 1.29 is 8.78 Å². The molecule has 0 aliphatic carbocycles. The van der Waals surface area contributed by atoms with Crippen molar-refractivity contribution in [3.63, 3.8) is 0 Å². The minimum atomic E-state index is -0.580. The van der Waals surface area contributed by atoms with E-state index >= 15 is 0 Å². The highest BCUT2D eigenvalue weighted by molar-refractivity contribution is 5.84. The largest absolute Gasteiger partial charge is 0.347 e. The van der Waals surface area contributed by atoms with Crippen LogP contribution in [0, 0.1) is 11.6 Å². The minimum Gasteiger partial charge on any atom is -0.347 e. The SMILES string of the molecule is C/C=C(\C)[C@H]1NC(=NCc2c(F)cccc2F)N[C@H]1c1ccccc1. The first-order valence-electron chi connectivity index (χ1n) is 8.28. The third-order valence-electron chi connectivity index (χ3n) is 4.48. The Bertz CT molecular complexity index is 780. The molecule has 0 spiro atoms. The molecule has 0 bridgehead atoms. The molecule has 1 aliphatic heterocycles. The molecule has 0 unspecified atom stereocenters. The third-order valence-corrected chi connectivity index (χ3v) is 4.48. The number of benzene rings is 2. The lowest BCUT2D eigenvalue weighted by Gasteiger charge is -2.19.